The number of nitrogens with zero attached hydrogens (tertiary/aromatic N) is 3. The Hall–Kier alpha value is -1.43. The average Bonchev–Trinajstić information content (AvgIpc) is 1.89. The standard InChI is InChI=1S/C6H5N3/c1-5-3-8-4-9-6(5)2-7/h3-4H,1H3. The number of nitriles is 1. The fraction of sp³-hybridized carbons (Fsp3) is 0.167. The van der Waals surface area contributed by atoms with Gasteiger partial charge in [-0.25, -0.2) is 9.97 Å². The van der Waals surface area contributed by atoms with Crippen LogP contribution in [-0.2, 0) is 0 Å². The van der Waals surface area contributed by atoms with Crippen molar-refractivity contribution in [3.8, 4) is 6.07 Å². The summed E-state index contributed by atoms with van der Waals surface area (Å²) < 4.78 is 0. The summed E-state index contributed by atoms with van der Waals surface area (Å²) in [5, 5.41) is 8.38. The third-order valence-corrected chi connectivity index (χ3v) is 1.00. The maximum Gasteiger partial charge on any atom is 0.146 e. The number of aromatic nitrogens is 2. The first kappa shape index (κ1) is 5.70. The van der Waals surface area contributed by atoms with E-state index in [-0.39, 0.29) is 0 Å². The Morgan fingerprint density at radius 1 is 1.67 bits per heavy atom. The molecule has 1 heterocycles. The first-order chi connectivity index (χ1) is 4.34. The molecule has 3 nitrogen and oxygen atoms in total. The predicted molar refractivity (Wildman–Crippen MR) is 31.5 cm³/mol. The molecule has 0 saturated heterocycles. The molecule has 0 saturated carbocycles. The van der Waals surface area contributed by atoms with Gasteiger partial charge in [0.1, 0.15) is 18.1 Å². The molecule has 0 radical (unpaired) electrons. The van der Waals surface area contributed by atoms with Gasteiger partial charge in [-0.05, 0) is 6.92 Å². The Labute approximate surface area is 53.0 Å². The van der Waals surface area contributed by atoms with Crippen molar-refractivity contribution < 1.29 is 0 Å². The Morgan fingerprint density at radius 2 is 2.44 bits per heavy atom. The fourth-order valence-electron chi connectivity index (χ4n) is 0.516. The lowest BCUT2D eigenvalue weighted by atomic mass is 10.3. The topological polar surface area (TPSA) is 49.6 Å². The molecule has 0 spiro atoms. The van der Waals surface area contributed by atoms with Crippen molar-refractivity contribution in [2.24, 2.45) is 0 Å². The molecule has 0 N–H and O–H groups in total. The number of aryl methyl sites for hydroxylation is 1. The smallest absolute Gasteiger partial charge is 0.146 e. The SMILES string of the molecule is Cc1cncnc1C#N. The summed E-state index contributed by atoms with van der Waals surface area (Å²) in [6.07, 6.45) is 2.98. The summed E-state index contributed by atoms with van der Waals surface area (Å²) >= 11 is 0. The quantitative estimate of drug-likeness (QED) is 0.504. The van der Waals surface area contributed by atoms with Crippen molar-refractivity contribution >= 4 is 0 Å². The monoisotopic (exact) mass is 119 g/mol. The normalized spacial score (nSPS) is 8.44. The number of rotatable bonds is 0. The minimum absolute atomic E-state index is 0.449. The van der Waals surface area contributed by atoms with E-state index in [9.17, 15) is 0 Å². The van der Waals surface area contributed by atoms with E-state index < -0.39 is 0 Å². The molecule has 44 valence electrons. The van der Waals surface area contributed by atoms with Crippen LogP contribution in [0.15, 0.2) is 12.5 Å². The molecule has 0 fully saturated rings. The van der Waals surface area contributed by atoms with Gasteiger partial charge in [-0.2, -0.15) is 5.26 Å². The van der Waals surface area contributed by atoms with Crippen LogP contribution in [0.2, 0.25) is 0 Å². The molecule has 0 aromatic carbocycles. The van der Waals surface area contributed by atoms with Gasteiger partial charge < -0.3 is 0 Å². The zero-order chi connectivity index (χ0) is 6.69. The van der Waals surface area contributed by atoms with Crippen molar-refractivity contribution in [2.45, 2.75) is 6.92 Å². The molecule has 1 rings (SSSR count). The van der Waals surface area contributed by atoms with Gasteiger partial charge in [-0.3, -0.25) is 0 Å². The molecule has 3 heteroatoms. The van der Waals surface area contributed by atoms with Crippen molar-refractivity contribution in [1.82, 2.24) is 9.97 Å². The highest BCUT2D eigenvalue weighted by molar-refractivity contribution is 5.26. The third-order valence-electron chi connectivity index (χ3n) is 1.00. The van der Waals surface area contributed by atoms with E-state index in [2.05, 4.69) is 9.97 Å². The Morgan fingerprint density at radius 3 is 2.89 bits per heavy atom. The van der Waals surface area contributed by atoms with E-state index in [1.54, 1.807) is 13.1 Å². The highest BCUT2D eigenvalue weighted by atomic mass is 14.8. The van der Waals surface area contributed by atoms with Crippen molar-refractivity contribution in [3.63, 3.8) is 0 Å². The van der Waals surface area contributed by atoms with E-state index in [0.29, 0.717) is 5.69 Å². The maximum atomic E-state index is 8.38. The van der Waals surface area contributed by atoms with Gasteiger partial charge in [0.15, 0.2) is 0 Å². The number of hydrogen-bond donors (Lipinski definition) is 0. The van der Waals surface area contributed by atoms with Crippen LogP contribution >= 0.6 is 0 Å². The van der Waals surface area contributed by atoms with Gasteiger partial charge >= 0.3 is 0 Å². The second-order valence-corrected chi connectivity index (χ2v) is 1.67. The summed E-state index contributed by atoms with van der Waals surface area (Å²) in [6, 6.07) is 1.94. The second-order valence-electron chi connectivity index (χ2n) is 1.67. The molecule has 0 aliphatic heterocycles. The molecule has 9 heavy (non-hydrogen) atoms. The molecule has 0 unspecified atom stereocenters. The van der Waals surface area contributed by atoms with E-state index >= 15 is 0 Å². The lowest BCUT2D eigenvalue weighted by Gasteiger charge is -1.89. The largest absolute Gasteiger partial charge is 0.244 e. The molecular formula is C6H5N3. The van der Waals surface area contributed by atoms with Gasteiger partial charge in [0.25, 0.3) is 0 Å². The number of hydrogen-bond acceptors (Lipinski definition) is 3. The summed E-state index contributed by atoms with van der Waals surface area (Å²) in [4.78, 5) is 7.46. The molecular weight excluding hydrogens is 114 g/mol. The van der Waals surface area contributed by atoms with E-state index in [1.807, 2.05) is 6.07 Å². The summed E-state index contributed by atoms with van der Waals surface area (Å²) in [7, 11) is 0. The van der Waals surface area contributed by atoms with E-state index in [1.165, 1.54) is 6.33 Å². The highest BCUT2D eigenvalue weighted by Gasteiger charge is 1.93. The lowest BCUT2D eigenvalue weighted by Crippen LogP contribution is -1.87. The van der Waals surface area contributed by atoms with Gasteiger partial charge in [0.05, 0.1) is 0 Å². The van der Waals surface area contributed by atoms with Crippen LogP contribution in [0.4, 0.5) is 0 Å². The van der Waals surface area contributed by atoms with Crippen LogP contribution in [0.25, 0.3) is 0 Å². The summed E-state index contributed by atoms with van der Waals surface area (Å²) in [5.74, 6) is 0. The van der Waals surface area contributed by atoms with Crippen LogP contribution in [-0.4, -0.2) is 9.97 Å². The van der Waals surface area contributed by atoms with Crippen molar-refractivity contribution in [2.75, 3.05) is 0 Å². The van der Waals surface area contributed by atoms with Gasteiger partial charge in [-0.1, -0.05) is 0 Å². The summed E-state index contributed by atoms with van der Waals surface area (Å²) in [5.41, 5.74) is 1.27. The third kappa shape index (κ3) is 1.03. The van der Waals surface area contributed by atoms with Crippen LogP contribution in [0, 0.1) is 18.3 Å². The maximum absolute atomic E-state index is 8.38. The average molecular weight is 119 g/mol. The first-order valence-electron chi connectivity index (χ1n) is 2.51. The minimum atomic E-state index is 0.449. The van der Waals surface area contributed by atoms with Crippen molar-refractivity contribution in [1.29, 1.82) is 5.26 Å². The Bertz CT molecular complexity index is 249. The zero-order valence-electron chi connectivity index (χ0n) is 5.00. The van der Waals surface area contributed by atoms with Gasteiger partial charge in [0.2, 0.25) is 0 Å². The lowest BCUT2D eigenvalue weighted by molar-refractivity contribution is 1.10. The van der Waals surface area contributed by atoms with E-state index in [0.717, 1.165) is 5.56 Å². The van der Waals surface area contributed by atoms with Crippen LogP contribution in [0.5, 0.6) is 0 Å². The summed E-state index contributed by atoms with van der Waals surface area (Å²) in [6.45, 7) is 1.80. The van der Waals surface area contributed by atoms with Crippen LogP contribution in [0.1, 0.15) is 11.3 Å². The van der Waals surface area contributed by atoms with Crippen LogP contribution in [0.3, 0.4) is 0 Å². The first-order valence-corrected chi connectivity index (χ1v) is 2.51. The molecule has 0 aliphatic rings. The zero-order valence-corrected chi connectivity index (χ0v) is 5.00. The minimum Gasteiger partial charge on any atom is -0.244 e. The van der Waals surface area contributed by atoms with E-state index in [4.69, 9.17) is 5.26 Å². The van der Waals surface area contributed by atoms with Gasteiger partial charge in [-0.15, -0.1) is 0 Å². The molecule has 0 amide bonds. The molecule has 0 aliphatic carbocycles. The second kappa shape index (κ2) is 2.23. The predicted octanol–water partition coefficient (Wildman–Crippen LogP) is 0.657. The fourth-order valence-corrected chi connectivity index (χ4v) is 0.516. The molecule has 0 bridgehead atoms. The molecule has 1 aromatic heterocycles. The van der Waals surface area contributed by atoms with Crippen molar-refractivity contribution in [3.05, 3.63) is 23.8 Å². The Balaban J connectivity index is 3.20. The Kier molecular flexibility index (Phi) is 1.41. The highest BCUT2D eigenvalue weighted by Crippen LogP contribution is 1.96. The molecule has 0 atom stereocenters. The van der Waals surface area contributed by atoms with Gasteiger partial charge in [0, 0.05) is 11.8 Å². The van der Waals surface area contributed by atoms with Crippen LogP contribution < -0.4 is 0 Å². The molecule has 1 aromatic rings.